The van der Waals surface area contributed by atoms with Crippen molar-refractivity contribution >= 4 is 10.0 Å². The van der Waals surface area contributed by atoms with Gasteiger partial charge in [-0.15, -0.1) is 0 Å². The SMILES string of the molecule is CC(C)NC1[C@H]2CN(S(C)(=O)=O)C[C@@H]12. The maximum atomic E-state index is 11.2. The van der Waals surface area contributed by atoms with Gasteiger partial charge in [0.05, 0.1) is 6.26 Å². The molecule has 2 fully saturated rings. The summed E-state index contributed by atoms with van der Waals surface area (Å²) >= 11 is 0. The van der Waals surface area contributed by atoms with E-state index in [1.54, 1.807) is 4.31 Å². The van der Waals surface area contributed by atoms with Gasteiger partial charge in [-0.25, -0.2) is 12.7 Å². The first-order chi connectivity index (χ1) is 6.39. The second kappa shape index (κ2) is 3.18. The number of hydrogen-bond acceptors (Lipinski definition) is 3. The van der Waals surface area contributed by atoms with Gasteiger partial charge >= 0.3 is 0 Å². The van der Waals surface area contributed by atoms with Crippen LogP contribution in [0.4, 0.5) is 0 Å². The lowest BCUT2D eigenvalue weighted by atomic mass is 10.3. The summed E-state index contributed by atoms with van der Waals surface area (Å²) in [6.07, 6.45) is 1.29. The van der Waals surface area contributed by atoms with Gasteiger partial charge in [0.25, 0.3) is 0 Å². The third-order valence-corrected chi connectivity index (χ3v) is 4.39. The molecule has 82 valence electrons. The molecule has 1 unspecified atom stereocenters. The summed E-state index contributed by atoms with van der Waals surface area (Å²) in [5.41, 5.74) is 0. The summed E-state index contributed by atoms with van der Waals surface area (Å²) in [7, 11) is -2.95. The molecule has 1 saturated heterocycles. The van der Waals surface area contributed by atoms with Crippen LogP contribution in [0.5, 0.6) is 0 Å². The van der Waals surface area contributed by atoms with Gasteiger partial charge in [-0.1, -0.05) is 13.8 Å². The Balaban J connectivity index is 1.88. The fourth-order valence-electron chi connectivity index (χ4n) is 2.39. The highest BCUT2D eigenvalue weighted by molar-refractivity contribution is 7.88. The molecule has 1 heterocycles. The van der Waals surface area contributed by atoms with Gasteiger partial charge in [-0.3, -0.25) is 0 Å². The van der Waals surface area contributed by atoms with Crippen LogP contribution in [0.15, 0.2) is 0 Å². The monoisotopic (exact) mass is 218 g/mol. The molecule has 2 rings (SSSR count). The predicted octanol–water partition coefficient (Wildman–Crippen LogP) is -0.126. The largest absolute Gasteiger partial charge is 0.311 e. The van der Waals surface area contributed by atoms with Crippen molar-refractivity contribution in [2.24, 2.45) is 11.8 Å². The van der Waals surface area contributed by atoms with Crippen molar-refractivity contribution in [1.82, 2.24) is 9.62 Å². The van der Waals surface area contributed by atoms with Crippen molar-refractivity contribution in [3.05, 3.63) is 0 Å². The lowest BCUT2D eigenvalue weighted by Gasteiger charge is -2.18. The normalized spacial score (nSPS) is 37.6. The molecule has 4 nitrogen and oxygen atoms in total. The molecule has 1 N–H and O–H groups in total. The van der Waals surface area contributed by atoms with Gasteiger partial charge in [0.1, 0.15) is 0 Å². The number of piperidine rings is 1. The number of sulfonamides is 1. The van der Waals surface area contributed by atoms with Crippen molar-refractivity contribution in [3.8, 4) is 0 Å². The Hall–Kier alpha value is -0.130. The Morgan fingerprint density at radius 2 is 1.79 bits per heavy atom. The predicted molar refractivity (Wildman–Crippen MR) is 55.5 cm³/mol. The van der Waals surface area contributed by atoms with E-state index in [0.29, 0.717) is 37.0 Å². The molecule has 0 spiro atoms. The quantitative estimate of drug-likeness (QED) is 0.718. The second-order valence-corrected chi connectivity index (χ2v) is 6.74. The minimum Gasteiger partial charge on any atom is -0.311 e. The highest BCUT2D eigenvalue weighted by atomic mass is 32.2. The van der Waals surface area contributed by atoms with Crippen LogP contribution in [0.25, 0.3) is 0 Å². The maximum absolute atomic E-state index is 11.2. The second-order valence-electron chi connectivity index (χ2n) is 4.75. The number of nitrogens with one attached hydrogen (secondary N) is 1. The highest BCUT2D eigenvalue weighted by Crippen LogP contribution is 2.46. The highest BCUT2D eigenvalue weighted by Gasteiger charge is 2.57. The Kier molecular flexibility index (Phi) is 2.36. The van der Waals surface area contributed by atoms with Crippen molar-refractivity contribution in [1.29, 1.82) is 0 Å². The first kappa shape index (κ1) is 10.4. The minimum absolute atomic E-state index is 0.497. The van der Waals surface area contributed by atoms with E-state index in [-0.39, 0.29) is 0 Å². The van der Waals surface area contributed by atoms with Crippen molar-refractivity contribution in [3.63, 3.8) is 0 Å². The van der Waals surface area contributed by atoms with Crippen LogP contribution in [0.3, 0.4) is 0 Å². The summed E-state index contributed by atoms with van der Waals surface area (Å²) in [5.74, 6) is 1.12. The van der Waals surface area contributed by atoms with E-state index in [4.69, 9.17) is 0 Å². The molecule has 1 saturated carbocycles. The van der Waals surface area contributed by atoms with Crippen molar-refractivity contribution in [2.45, 2.75) is 25.9 Å². The average Bonchev–Trinajstić information content (AvgIpc) is 2.50. The fraction of sp³-hybridized carbons (Fsp3) is 1.00. The van der Waals surface area contributed by atoms with Gasteiger partial charge < -0.3 is 5.32 Å². The Bertz CT molecular complexity index is 314. The van der Waals surface area contributed by atoms with Gasteiger partial charge in [-0.2, -0.15) is 0 Å². The molecule has 3 atom stereocenters. The minimum atomic E-state index is -2.95. The van der Waals surface area contributed by atoms with E-state index in [0.717, 1.165) is 0 Å². The molecular formula is C9H18N2O2S. The molecule has 0 bridgehead atoms. The zero-order chi connectivity index (χ0) is 10.5. The van der Waals surface area contributed by atoms with Crippen LogP contribution in [0, 0.1) is 11.8 Å². The summed E-state index contributed by atoms with van der Waals surface area (Å²) in [6.45, 7) is 5.69. The summed E-state index contributed by atoms with van der Waals surface area (Å²) in [6, 6.07) is 1.06. The van der Waals surface area contributed by atoms with E-state index in [1.807, 2.05) is 0 Å². The number of rotatable bonds is 3. The van der Waals surface area contributed by atoms with E-state index >= 15 is 0 Å². The van der Waals surface area contributed by atoms with E-state index in [9.17, 15) is 8.42 Å². The number of fused-ring (bicyclic) bond motifs is 1. The van der Waals surface area contributed by atoms with Crippen LogP contribution < -0.4 is 5.32 Å². The zero-order valence-corrected chi connectivity index (χ0v) is 9.71. The first-order valence-corrected chi connectivity index (χ1v) is 6.95. The molecule has 0 amide bonds. The molecule has 0 aromatic rings. The maximum Gasteiger partial charge on any atom is 0.211 e. The Labute approximate surface area is 85.7 Å². The molecule has 0 aromatic carbocycles. The van der Waals surface area contributed by atoms with E-state index in [2.05, 4.69) is 19.2 Å². The molecule has 2 aliphatic rings. The molecule has 1 aliphatic carbocycles. The van der Waals surface area contributed by atoms with Gasteiger partial charge in [0.2, 0.25) is 10.0 Å². The zero-order valence-electron chi connectivity index (χ0n) is 8.90. The van der Waals surface area contributed by atoms with Crippen LogP contribution in [0.1, 0.15) is 13.8 Å². The summed E-state index contributed by atoms with van der Waals surface area (Å²) in [5, 5.41) is 3.47. The van der Waals surface area contributed by atoms with E-state index < -0.39 is 10.0 Å². The van der Waals surface area contributed by atoms with Gasteiger partial charge in [0.15, 0.2) is 0 Å². The first-order valence-electron chi connectivity index (χ1n) is 5.11. The Morgan fingerprint density at radius 3 is 2.14 bits per heavy atom. The van der Waals surface area contributed by atoms with Crippen molar-refractivity contribution in [2.75, 3.05) is 19.3 Å². The number of nitrogens with zero attached hydrogens (tertiary/aromatic N) is 1. The topological polar surface area (TPSA) is 49.4 Å². The standard InChI is InChI=1S/C9H18N2O2S/c1-6(2)10-9-7-4-11(5-8(7)9)14(3,12)13/h6-10H,4-5H2,1-3H3/t7-,8+,9?. The summed E-state index contributed by atoms with van der Waals surface area (Å²) in [4.78, 5) is 0. The number of hydrogen-bond donors (Lipinski definition) is 1. The smallest absolute Gasteiger partial charge is 0.211 e. The van der Waals surface area contributed by atoms with Gasteiger partial charge in [-0.05, 0) is 11.8 Å². The van der Waals surface area contributed by atoms with Crippen LogP contribution in [0.2, 0.25) is 0 Å². The Morgan fingerprint density at radius 1 is 1.29 bits per heavy atom. The molecule has 0 aromatic heterocycles. The summed E-state index contributed by atoms with van der Waals surface area (Å²) < 4.78 is 24.1. The molecule has 5 heteroatoms. The van der Waals surface area contributed by atoms with Crippen LogP contribution in [-0.2, 0) is 10.0 Å². The third kappa shape index (κ3) is 1.81. The average molecular weight is 218 g/mol. The lowest BCUT2D eigenvalue weighted by Crippen LogP contribution is -2.36. The van der Waals surface area contributed by atoms with Crippen molar-refractivity contribution < 1.29 is 8.42 Å². The molecular weight excluding hydrogens is 200 g/mol. The molecule has 1 aliphatic heterocycles. The third-order valence-electron chi connectivity index (χ3n) is 3.16. The van der Waals surface area contributed by atoms with E-state index in [1.165, 1.54) is 6.26 Å². The molecule has 0 radical (unpaired) electrons. The van der Waals surface area contributed by atoms with Gasteiger partial charge in [0, 0.05) is 25.2 Å². The fourth-order valence-corrected chi connectivity index (χ4v) is 3.28. The van der Waals surface area contributed by atoms with Crippen LogP contribution >= 0.6 is 0 Å². The lowest BCUT2D eigenvalue weighted by molar-refractivity contribution is 0.407. The van der Waals surface area contributed by atoms with Crippen LogP contribution in [-0.4, -0.2) is 44.2 Å². The molecule has 14 heavy (non-hydrogen) atoms.